The second kappa shape index (κ2) is 21.0. The van der Waals surface area contributed by atoms with Crippen LogP contribution in [0.1, 0.15) is 98.9 Å². The largest absolute Gasteiger partial charge is 0.416 e. The minimum atomic E-state index is -5.30. The fraction of sp³-hybridized carbons (Fsp3) is 0.391. The maximum atomic E-state index is 14.2. The van der Waals surface area contributed by atoms with Gasteiger partial charge in [0.15, 0.2) is 0 Å². The van der Waals surface area contributed by atoms with Crippen molar-refractivity contribution in [2.24, 2.45) is 0 Å². The second-order valence-electron chi connectivity index (χ2n) is 15.4. The zero-order chi connectivity index (χ0) is 43.5. The van der Waals surface area contributed by atoms with Crippen LogP contribution in [-0.4, -0.2) is 17.0 Å². The summed E-state index contributed by atoms with van der Waals surface area (Å²) in [6, 6.07) is 9.28. The molecule has 4 aliphatic rings. The summed E-state index contributed by atoms with van der Waals surface area (Å²) in [7, 11) is -3.48. The molecule has 3 aromatic rings. The van der Waals surface area contributed by atoms with Gasteiger partial charge in [-0.3, -0.25) is 0 Å². The number of alkyl halides is 12. The van der Waals surface area contributed by atoms with E-state index in [0.29, 0.717) is 47.4 Å². The van der Waals surface area contributed by atoms with Crippen molar-refractivity contribution in [2.75, 3.05) is 0 Å². The summed E-state index contributed by atoms with van der Waals surface area (Å²) in [5.74, 6) is 1.03. The van der Waals surface area contributed by atoms with Crippen LogP contribution >= 0.6 is 15.8 Å². The molecule has 0 saturated heterocycles. The third-order valence-electron chi connectivity index (χ3n) is 11.4. The van der Waals surface area contributed by atoms with E-state index in [9.17, 15) is 52.7 Å². The molecule has 7 rings (SSSR count). The number of hydrogen-bond donors (Lipinski definition) is 0. The topological polar surface area (TPSA) is 0 Å². The van der Waals surface area contributed by atoms with Crippen LogP contribution < -0.4 is 15.9 Å². The number of halogens is 12. The first-order valence-corrected chi connectivity index (χ1v) is 22.8. The maximum absolute atomic E-state index is 14.2. The summed E-state index contributed by atoms with van der Waals surface area (Å²) in [5.41, 5.74) is -6.23. The van der Waals surface area contributed by atoms with Crippen molar-refractivity contribution < 1.29 is 69.8 Å². The Labute approximate surface area is 364 Å². The van der Waals surface area contributed by atoms with Crippen LogP contribution in [0, 0.1) is 63.2 Å². The van der Waals surface area contributed by atoms with Gasteiger partial charge in [0.2, 0.25) is 0 Å². The van der Waals surface area contributed by atoms with E-state index in [1.54, 1.807) is 19.3 Å². The van der Waals surface area contributed by atoms with Crippen molar-refractivity contribution in [3.63, 3.8) is 0 Å². The van der Waals surface area contributed by atoms with Gasteiger partial charge >= 0.3 is 24.7 Å². The Morgan fingerprint density at radius 2 is 0.869 bits per heavy atom. The van der Waals surface area contributed by atoms with Crippen molar-refractivity contribution in [1.82, 2.24) is 0 Å². The maximum Gasteiger partial charge on any atom is 0.416 e. The number of benzene rings is 3. The molecule has 0 aromatic heterocycles. The van der Waals surface area contributed by atoms with E-state index in [2.05, 4.69) is 6.07 Å². The average molecular weight is 943 g/mol. The Hall–Kier alpha value is -1.80. The van der Waals surface area contributed by atoms with Crippen LogP contribution in [-0.2, 0) is 41.8 Å². The third-order valence-corrected chi connectivity index (χ3v) is 17.6. The van der Waals surface area contributed by atoms with Crippen LogP contribution in [0.2, 0.25) is 0 Å². The molecule has 0 amide bonds. The van der Waals surface area contributed by atoms with Gasteiger partial charge in [-0.2, -0.15) is 52.7 Å². The van der Waals surface area contributed by atoms with Gasteiger partial charge < -0.3 is 0 Å². The van der Waals surface area contributed by atoms with Crippen LogP contribution in [0.4, 0.5) is 52.7 Å². The summed E-state index contributed by atoms with van der Waals surface area (Å²) in [6.07, 6.45) is 4.85. The predicted octanol–water partition coefficient (Wildman–Crippen LogP) is 14.2. The van der Waals surface area contributed by atoms with E-state index in [1.807, 2.05) is 50.3 Å². The number of hydrogen-bond acceptors (Lipinski definition) is 0. The Kier molecular flexibility index (Phi) is 17.3. The molecule has 10 radical (unpaired) electrons. The smallest absolute Gasteiger partial charge is 0.166 e. The molecule has 15 heteroatoms. The zero-order valence-corrected chi connectivity index (χ0v) is 35.9. The molecule has 61 heavy (non-hydrogen) atoms. The summed E-state index contributed by atoms with van der Waals surface area (Å²) >= 11 is 0. The summed E-state index contributed by atoms with van der Waals surface area (Å²) in [6.45, 7) is 1.46. The molecule has 0 spiro atoms. The Balaban J connectivity index is 0.00000109. The fourth-order valence-corrected chi connectivity index (χ4v) is 15.4. The molecule has 0 heterocycles. The molecule has 4 fully saturated rings. The Morgan fingerprint density at radius 3 is 1.25 bits per heavy atom. The van der Waals surface area contributed by atoms with Crippen molar-refractivity contribution in [3.05, 3.63) is 152 Å². The number of rotatable bonds is 8. The molecule has 0 unspecified atom stereocenters. The van der Waals surface area contributed by atoms with Gasteiger partial charge in [0.25, 0.3) is 0 Å². The molecule has 4 aliphatic carbocycles. The summed E-state index contributed by atoms with van der Waals surface area (Å²) in [4.78, 5) is 0. The molecule has 330 valence electrons. The van der Waals surface area contributed by atoms with Crippen LogP contribution in [0.5, 0.6) is 0 Å². The standard InChI is InChI=1S/C41H39F12P2.C5H5.Fe/c1-25(34-16-10-17-35(34)36-15-8-9-18-37(36)55(30-11-4-2-5-12-30)31-13-6-3-7-14-31)54(32-21-26(38(42,43)44)19-27(22-32)39(45,46)47)33-23-28(40(48,49)50)20-29(24-33)41(51,52)53;1-2-4-5-3-1;/h8-10,15-25,30-31H,2-7,11-14H2,1H3;1-5H;/t25-;;/m0../s1. The molecule has 3 aromatic carbocycles. The van der Waals surface area contributed by atoms with Crippen molar-refractivity contribution >= 4 is 31.8 Å². The molecule has 0 aliphatic heterocycles. The third kappa shape index (κ3) is 12.7. The molecule has 1 atom stereocenters. The van der Waals surface area contributed by atoms with Gasteiger partial charge in [-0.05, 0) is 166 Å². The quantitative estimate of drug-likeness (QED) is 0.120. The van der Waals surface area contributed by atoms with Crippen LogP contribution in [0.25, 0.3) is 0 Å². The van der Waals surface area contributed by atoms with Crippen molar-refractivity contribution in [3.8, 4) is 0 Å². The fourth-order valence-electron chi connectivity index (χ4n) is 8.59. The molecular formula is C46H44F12FeP2. The second-order valence-corrected chi connectivity index (χ2v) is 20.7. The molecular weight excluding hydrogens is 898 g/mol. The van der Waals surface area contributed by atoms with E-state index in [0.717, 1.165) is 75.1 Å². The summed E-state index contributed by atoms with van der Waals surface area (Å²) < 4.78 is 170. The van der Waals surface area contributed by atoms with Crippen LogP contribution in [0.3, 0.4) is 0 Å². The monoisotopic (exact) mass is 942 g/mol. The molecule has 4 saturated carbocycles. The van der Waals surface area contributed by atoms with E-state index >= 15 is 0 Å². The average Bonchev–Trinajstić information content (AvgIpc) is 3.95. The van der Waals surface area contributed by atoms with E-state index in [1.165, 1.54) is 6.92 Å². The Bertz CT molecular complexity index is 1690. The zero-order valence-electron chi connectivity index (χ0n) is 33.0. The minimum Gasteiger partial charge on any atom is -0.166 e. The van der Waals surface area contributed by atoms with Gasteiger partial charge in [-0.15, -0.1) is 0 Å². The van der Waals surface area contributed by atoms with E-state index in [4.69, 9.17) is 0 Å². The molecule has 0 N–H and O–H groups in total. The molecule has 0 nitrogen and oxygen atoms in total. The normalized spacial score (nSPS) is 19.9. The van der Waals surface area contributed by atoms with Gasteiger partial charge in [0.05, 0.1) is 22.3 Å². The van der Waals surface area contributed by atoms with Gasteiger partial charge in [0, 0.05) is 23.0 Å². The first-order valence-electron chi connectivity index (χ1n) is 19.9. The van der Waals surface area contributed by atoms with Crippen molar-refractivity contribution in [1.29, 1.82) is 0 Å². The first kappa shape index (κ1) is 50.2. The predicted molar refractivity (Wildman–Crippen MR) is 215 cm³/mol. The SMILES string of the molecule is C[C@@H]([C]1[CH][CH][CH][C]1c1ccccc1P(C1CCCCC1)C1CCCCC1)P(c1cc(C(F)(F)F)cc(C(F)(F)F)c1)c1cc(C(F)(F)F)cc(C(F)(F)F)c1.[CH]1[CH][CH][CH][CH]1.[Fe]. The van der Waals surface area contributed by atoms with Gasteiger partial charge in [-0.1, -0.05) is 77.6 Å². The van der Waals surface area contributed by atoms with E-state index in [-0.39, 0.29) is 29.2 Å². The van der Waals surface area contributed by atoms with E-state index < -0.39 is 79.1 Å². The minimum absolute atomic E-state index is 0. The summed E-state index contributed by atoms with van der Waals surface area (Å²) in [5, 5.41) is -0.175. The van der Waals surface area contributed by atoms with Gasteiger partial charge in [-0.25, -0.2) is 0 Å². The van der Waals surface area contributed by atoms with Gasteiger partial charge in [0.1, 0.15) is 0 Å². The van der Waals surface area contributed by atoms with Crippen LogP contribution in [0.15, 0.2) is 60.7 Å². The first-order chi connectivity index (χ1) is 28.2. The van der Waals surface area contributed by atoms with Crippen molar-refractivity contribution in [2.45, 2.75) is 113 Å². The Morgan fingerprint density at radius 1 is 0.492 bits per heavy atom. The molecule has 0 bridgehead atoms.